The van der Waals surface area contributed by atoms with Gasteiger partial charge in [0.1, 0.15) is 0 Å². The fraction of sp³-hybridized carbons (Fsp3) is 0.467. The Kier molecular flexibility index (Phi) is 4.17. The van der Waals surface area contributed by atoms with Crippen molar-refractivity contribution in [1.29, 1.82) is 0 Å². The van der Waals surface area contributed by atoms with Gasteiger partial charge in [-0.25, -0.2) is 0 Å². The van der Waals surface area contributed by atoms with Gasteiger partial charge in [-0.05, 0) is 57.0 Å². The third-order valence-corrected chi connectivity index (χ3v) is 4.56. The van der Waals surface area contributed by atoms with Crippen LogP contribution < -0.4 is 5.32 Å². The van der Waals surface area contributed by atoms with Crippen molar-refractivity contribution in [3.8, 4) is 11.4 Å². The summed E-state index contributed by atoms with van der Waals surface area (Å²) in [5.74, 6) is 1.89. The number of nitrogens with zero attached hydrogens (tertiary/aromatic N) is 2. The maximum atomic E-state index is 5.46. The summed E-state index contributed by atoms with van der Waals surface area (Å²) in [6.45, 7) is 0. The monoisotopic (exact) mass is 335 g/mol. The Morgan fingerprint density at radius 3 is 2.50 bits per heavy atom. The van der Waals surface area contributed by atoms with Crippen molar-refractivity contribution in [3.05, 3.63) is 34.6 Å². The van der Waals surface area contributed by atoms with Gasteiger partial charge in [-0.15, -0.1) is 0 Å². The van der Waals surface area contributed by atoms with Crippen LogP contribution in [0, 0.1) is 0 Å². The van der Waals surface area contributed by atoms with Crippen LogP contribution in [0.1, 0.15) is 37.5 Å². The molecule has 106 valence electrons. The molecule has 3 rings (SSSR count). The van der Waals surface area contributed by atoms with Crippen LogP contribution >= 0.6 is 15.9 Å². The maximum Gasteiger partial charge on any atom is 0.230 e. The van der Waals surface area contributed by atoms with E-state index in [2.05, 4.69) is 31.4 Å². The zero-order valence-corrected chi connectivity index (χ0v) is 13.1. The molecule has 1 aromatic carbocycles. The van der Waals surface area contributed by atoms with E-state index in [0.717, 1.165) is 28.8 Å². The first-order valence-corrected chi connectivity index (χ1v) is 7.82. The smallest absolute Gasteiger partial charge is 0.230 e. The fourth-order valence-electron chi connectivity index (χ4n) is 2.75. The Bertz CT molecular complexity index is 559. The van der Waals surface area contributed by atoms with Crippen molar-refractivity contribution in [2.24, 2.45) is 0 Å². The molecule has 1 fully saturated rings. The Morgan fingerprint density at radius 1 is 1.15 bits per heavy atom. The van der Waals surface area contributed by atoms with Crippen molar-refractivity contribution in [2.45, 2.75) is 37.6 Å². The lowest BCUT2D eigenvalue weighted by Crippen LogP contribution is -2.29. The molecule has 0 bridgehead atoms. The quantitative estimate of drug-likeness (QED) is 0.928. The summed E-state index contributed by atoms with van der Waals surface area (Å²) in [6.07, 6.45) is 4.59. The molecule has 1 aromatic heterocycles. The summed E-state index contributed by atoms with van der Waals surface area (Å²) in [6, 6.07) is 8.61. The van der Waals surface area contributed by atoms with Gasteiger partial charge in [0.05, 0.1) is 0 Å². The Labute approximate surface area is 127 Å². The largest absolute Gasteiger partial charge is 0.339 e. The molecule has 0 amide bonds. The fourth-order valence-corrected chi connectivity index (χ4v) is 3.01. The van der Waals surface area contributed by atoms with Crippen LogP contribution in [-0.4, -0.2) is 23.2 Å². The highest BCUT2D eigenvalue weighted by molar-refractivity contribution is 9.10. The molecule has 1 aliphatic carbocycles. The Hall–Kier alpha value is -1.20. The molecule has 1 N–H and O–H groups in total. The zero-order chi connectivity index (χ0) is 13.9. The van der Waals surface area contributed by atoms with E-state index >= 15 is 0 Å². The molecule has 0 saturated heterocycles. The van der Waals surface area contributed by atoms with E-state index in [1.54, 1.807) is 0 Å². The molecular formula is C15H18BrN3O. The maximum absolute atomic E-state index is 5.46. The summed E-state index contributed by atoms with van der Waals surface area (Å²) in [7, 11) is 2.03. The summed E-state index contributed by atoms with van der Waals surface area (Å²) >= 11 is 3.43. The first kappa shape index (κ1) is 13.8. The van der Waals surface area contributed by atoms with Crippen LogP contribution in [0.15, 0.2) is 33.3 Å². The molecule has 1 saturated carbocycles. The van der Waals surface area contributed by atoms with Crippen molar-refractivity contribution in [3.63, 3.8) is 0 Å². The van der Waals surface area contributed by atoms with Crippen molar-refractivity contribution in [2.75, 3.05) is 7.05 Å². The highest BCUT2D eigenvalue weighted by Crippen LogP contribution is 2.32. The number of nitrogens with one attached hydrogen (secondary N) is 1. The van der Waals surface area contributed by atoms with Gasteiger partial charge in [0.2, 0.25) is 11.7 Å². The average molecular weight is 336 g/mol. The lowest BCUT2D eigenvalue weighted by Gasteiger charge is -2.25. The molecule has 1 heterocycles. The van der Waals surface area contributed by atoms with E-state index in [1.807, 2.05) is 31.3 Å². The number of aromatic nitrogens is 2. The SMILES string of the molecule is CNC1CCC(c2nc(-c3ccc(Br)cc3)no2)CC1. The third kappa shape index (κ3) is 2.94. The number of hydrogen-bond acceptors (Lipinski definition) is 4. The zero-order valence-electron chi connectivity index (χ0n) is 11.5. The predicted molar refractivity (Wildman–Crippen MR) is 81.5 cm³/mol. The van der Waals surface area contributed by atoms with E-state index in [1.165, 1.54) is 12.8 Å². The number of benzene rings is 1. The molecule has 0 radical (unpaired) electrons. The second-order valence-electron chi connectivity index (χ2n) is 5.30. The van der Waals surface area contributed by atoms with Crippen LogP contribution in [0.5, 0.6) is 0 Å². The molecule has 0 atom stereocenters. The van der Waals surface area contributed by atoms with Gasteiger partial charge < -0.3 is 9.84 Å². The minimum Gasteiger partial charge on any atom is -0.339 e. The van der Waals surface area contributed by atoms with Gasteiger partial charge in [-0.2, -0.15) is 4.98 Å². The molecule has 4 nitrogen and oxygen atoms in total. The molecular weight excluding hydrogens is 318 g/mol. The number of halogens is 1. The van der Waals surface area contributed by atoms with Crippen LogP contribution in [0.2, 0.25) is 0 Å². The molecule has 5 heteroatoms. The van der Waals surface area contributed by atoms with Crippen LogP contribution in [-0.2, 0) is 0 Å². The highest BCUT2D eigenvalue weighted by atomic mass is 79.9. The van der Waals surface area contributed by atoms with Crippen LogP contribution in [0.4, 0.5) is 0 Å². The van der Waals surface area contributed by atoms with Gasteiger partial charge in [0.15, 0.2) is 0 Å². The Morgan fingerprint density at radius 2 is 1.85 bits per heavy atom. The second kappa shape index (κ2) is 6.06. The van der Waals surface area contributed by atoms with Gasteiger partial charge in [0, 0.05) is 22.0 Å². The van der Waals surface area contributed by atoms with E-state index in [4.69, 9.17) is 4.52 Å². The highest BCUT2D eigenvalue weighted by Gasteiger charge is 2.25. The predicted octanol–water partition coefficient (Wildman–Crippen LogP) is 3.74. The Balaban J connectivity index is 1.72. The molecule has 0 spiro atoms. The first-order valence-electron chi connectivity index (χ1n) is 7.03. The first-order chi connectivity index (χ1) is 9.76. The van der Waals surface area contributed by atoms with E-state index in [-0.39, 0.29) is 0 Å². The van der Waals surface area contributed by atoms with E-state index in [9.17, 15) is 0 Å². The lowest BCUT2D eigenvalue weighted by atomic mass is 9.86. The van der Waals surface area contributed by atoms with Gasteiger partial charge >= 0.3 is 0 Å². The standard InChI is InChI=1S/C15H18BrN3O/c1-17-13-8-4-11(5-9-13)15-18-14(19-20-15)10-2-6-12(16)7-3-10/h2-3,6-7,11,13,17H,4-5,8-9H2,1H3. The molecule has 0 aliphatic heterocycles. The van der Waals surface area contributed by atoms with E-state index < -0.39 is 0 Å². The summed E-state index contributed by atoms with van der Waals surface area (Å²) in [5.41, 5.74) is 0.993. The molecule has 2 aromatic rings. The van der Waals surface area contributed by atoms with Crippen LogP contribution in [0.3, 0.4) is 0 Å². The molecule has 0 unspecified atom stereocenters. The summed E-state index contributed by atoms with van der Waals surface area (Å²) in [4.78, 5) is 4.57. The minimum atomic E-state index is 0.413. The molecule has 1 aliphatic rings. The normalized spacial score (nSPS) is 22.9. The second-order valence-corrected chi connectivity index (χ2v) is 6.22. The number of hydrogen-bond donors (Lipinski definition) is 1. The van der Waals surface area contributed by atoms with Gasteiger partial charge in [0.25, 0.3) is 0 Å². The van der Waals surface area contributed by atoms with Gasteiger partial charge in [-0.1, -0.05) is 21.1 Å². The minimum absolute atomic E-state index is 0.413. The third-order valence-electron chi connectivity index (χ3n) is 4.03. The molecule has 20 heavy (non-hydrogen) atoms. The van der Waals surface area contributed by atoms with Crippen molar-refractivity contribution >= 4 is 15.9 Å². The van der Waals surface area contributed by atoms with Crippen LogP contribution in [0.25, 0.3) is 11.4 Å². The van der Waals surface area contributed by atoms with E-state index in [0.29, 0.717) is 17.8 Å². The van der Waals surface area contributed by atoms with Crippen molar-refractivity contribution < 1.29 is 4.52 Å². The number of rotatable bonds is 3. The average Bonchev–Trinajstić information content (AvgIpc) is 2.98. The topological polar surface area (TPSA) is 51.0 Å². The summed E-state index contributed by atoms with van der Waals surface area (Å²) < 4.78 is 6.52. The lowest BCUT2D eigenvalue weighted by molar-refractivity contribution is 0.289. The summed E-state index contributed by atoms with van der Waals surface area (Å²) in [5, 5.41) is 7.45. The van der Waals surface area contributed by atoms with Crippen molar-refractivity contribution in [1.82, 2.24) is 15.5 Å². The van der Waals surface area contributed by atoms with Gasteiger partial charge in [-0.3, -0.25) is 0 Å².